The summed E-state index contributed by atoms with van der Waals surface area (Å²) in [6.07, 6.45) is 5.47. The van der Waals surface area contributed by atoms with Crippen LogP contribution in [0.15, 0.2) is 30.3 Å². The molecule has 0 atom stereocenters. The highest BCUT2D eigenvalue weighted by molar-refractivity contribution is 5.78. The van der Waals surface area contributed by atoms with Gasteiger partial charge in [0, 0.05) is 18.5 Å². The first-order valence-electron chi connectivity index (χ1n) is 6.15. The summed E-state index contributed by atoms with van der Waals surface area (Å²) in [5.41, 5.74) is 1.51. The topological polar surface area (TPSA) is 20.3 Å². The number of rotatable bonds is 2. The molecule has 1 aromatic carbocycles. The molecule has 1 aromatic rings. The third kappa shape index (κ3) is 1.62. The average Bonchev–Trinajstić information content (AvgIpc) is 3.06. The van der Waals surface area contributed by atoms with Crippen molar-refractivity contribution in [2.24, 2.45) is 0 Å². The van der Waals surface area contributed by atoms with E-state index in [1.165, 1.54) is 24.8 Å². The van der Waals surface area contributed by atoms with Gasteiger partial charge in [0.2, 0.25) is 5.91 Å². The molecular formula is C14H17NO. The van der Waals surface area contributed by atoms with Gasteiger partial charge in [-0.1, -0.05) is 30.3 Å². The first kappa shape index (κ1) is 9.88. The number of likely N-dealkylation sites (tertiary alicyclic amines) is 1. The Labute approximate surface area is 96.3 Å². The maximum absolute atomic E-state index is 12.0. The molecule has 0 aromatic heterocycles. The van der Waals surface area contributed by atoms with E-state index in [-0.39, 0.29) is 5.54 Å². The minimum Gasteiger partial charge on any atom is -0.333 e. The van der Waals surface area contributed by atoms with Crippen LogP contribution in [0.25, 0.3) is 0 Å². The Morgan fingerprint density at radius 2 is 1.88 bits per heavy atom. The number of amides is 1. The number of benzene rings is 1. The predicted molar refractivity (Wildman–Crippen MR) is 62.8 cm³/mol. The normalized spacial score (nSPS) is 22.5. The molecule has 16 heavy (non-hydrogen) atoms. The van der Waals surface area contributed by atoms with Crippen molar-refractivity contribution in [3.05, 3.63) is 35.9 Å². The van der Waals surface area contributed by atoms with Crippen molar-refractivity contribution in [1.29, 1.82) is 0 Å². The lowest BCUT2D eigenvalue weighted by Crippen LogP contribution is -2.44. The second-order valence-electron chi connectivity index (χ2n) is 5.04. The number of hydrogen-bond donors (Lipinski definition) is 0. The third-order valence-corrected chi connectivity index (χ3v) is 3.92. The molecule has 1 aliphatic heterocycles. The zero-order valence-corrected chi connectivity index (χ0v) is 9.48. The highest BCUT2D eigenvalue weighted by atomic mass is 16.2. The van der Waals surface area contributed by atoms with E-state index in [9.17, 15) is 4.79 Å². The zero-order chi connectivity index (χ0) is 11.0. The second kappa shape index (κ2) is 3.62. The molecule has 0 radical (unpaired) electrons. The molecule has 0 unspecified atom stereocenters. The summed E-state index contributed by atoms with van der Waals surface area (Å²) in [4.78, 5) is 14.1. The van der Waals surface area contributed by atoms with Crippen molar-refractivity contribution in [2.45, 2.75) is 44.2 Å². The first-order valence-corrected chi connectivity index (χ1v) is 6.15. The van der Waals surface area contributed by atoms with Crippen molar-refractivity contribution in [1.82, 2.24) is 4.90 Å². The molecule has 0 bridgehead atoms. The van der Waals surface area contributed by atoms with Crippen LogP contribution in [0.1, 0.15) is 37.7 Å². The van der Waals surface area contributed by atoms with Crippen LogP contribution >= 0.6 is 0 Å². The summed E-state index contributed by atoms with van der Waals surface area (Å²) in [6.45, 7) is 0.805. The van der Waals surface area contributed by atoms with E-state index < -0.39 is 0 Å². The van der Waals surface area contributed by atoms with Crippen LogP contribution in [0, 0.1) is 0 Å². The Morgan fingerprint density at radius 1 is 1.12 bits per heavy atom. The van der Waals surface area contributed by atoms with Crippen molar-refractivity contribution < 1.29 is 4.79 Å². The van der Waals surface area contributed by atoms with E-state index in [0.29, 0.717) is 5.91 Å². The Balaban J connectivity index is 1.80. The molecule has 84 valence electrons. The van der Waals surface area contributed by atoms with Gasteiger partial charge in [-0.05, 0) is 31.2 Å². The maximum Gasteiger partial charge on any atom is 0.223 e. The predicted octanol–water partition coefficient (Wildman–Crippen LogP) is 2.73. The molecule has 1 amide bonds. The summed E-state index contributed by atoms with van der Waals surface area (Å²) < 4.78 is 0. The van der Waals surface area contributed by atoms with E-state index in [1.54, 1.807) is 0 Å². The van der Waals surface area contributed by atoms with Crippen molar-refractivity contribution in [3.63, 3.8) is 0 Å². The molecule has 1 heterocycles. The number of piperidine rings is 1. The van der Waals surface area contributed by atoms with Crippen molar-refractivity contribution in [3.8, 4) is 0 Å². The van der Waals surface area contributed by atoms with Gasteiger partial charge in [-0.15, -0.1) is 0 Å². The summed E-state index contributed by atoms with van der Waals surface area (Å²) in [7, 11) is 0. The molecule has 0 N–H and O–H groups in total. The molecule has 2 nitrogen and oxygen atoms in total. The van der Waals surface area contributed by atoms with Gasteiger partial charge in [-0.2, -0.15) is 0 Å². The molecule has 3 rings (SSSR count). The number of carbonyl (C=O) groups excluding carboxylic acids is 1. The van der Waals surface area contributed by atoms with E-state index >= 15 is 0 Å². The molecule has 1 saturated heterocycles. The van der Waals surface area contributed by atoms with Crippen LogP contribution in [-0.2, 0) is 11.3 Å². The van der Waals surface area contributed by atoms with Crippen LogP contribution in [0.2, 0.25) is 0 Å². The van der Waals surface area contributed by atoms with Gasteiger partial charge in [0.05, 0.1) is 0 Å². The van der Waals surface area contributed by atoms with E-state index in [2.05, 4.69) is 17.0 Å². The van der Waals surface area contributed by atoms with Gasteiger partial charge >= 0.3 is 0 Å². The lowest BCUT2D eigenvalue weighted by molar-refractivity contribution is -0.138. The molecule has 1 spiro atoms. The minimum atomic E-state index is 0.255. The SMILES string of the molecule is O=C1CCCC2(CC2)N1Cc1ccccc1. The summed E-state index contributed by atoms with van der Waals surface area (Å²) in [5.74, 6) is 0.354. The lowest BCUT2D eigenvalue weighted by Gasteiger charge is -2.36. The standard InChI is InChI=1S/C14H17NO/c16-13-7-4-8-14(9-10-14)15(13)11-12-5-2-1-3-6-12/h1-3,5-6H,4,7-11H2. The molecule has 2 heteroatoms. The smallest absolute Gasteiger partial charge is 0.223 e. The van der Waals surface area contributed by atoms with Gasteiger partial charge in [0.1, 0.15) is 0 Å². The van der Waals surface area contributed by atoms with Gasteiger partial charge in [0.25, 0.3) is 0 Å². The van der Waals surface area contributed by atoms with Gasteiger partial charge < -0.3 is 4.90 Å². The van der Waals surface area contributed by atoms with E-state index in [1.807, 2.05) is 18.2 Å². The van der Waals surface area contributed by atoms with Crippen LogP contribution in [0.3, 0.4) is 0 Å². The monoisotopic (exact) mass is 215 g/mol. The van der Waals surface area contributed by atoms with Crippen LogP contribution in [-0.4, -0.2) is 16.3 Å². The van der Waals surface area contributed by atoms with Crippen LogP contribution < -0.4 is 0 Å². The number of nitrogens with zero attached hydrogens (tertiary/aromatic N) is 1. The van der Waals surface area contributed by atoms with Gasteiger partial charge in [0.15, 0.2) is 0 Å². The maximum atomic E-state index is 12.0. The summed E-state index contributed by atoms with van der Waals surface area (Å²) in [5, 5.41) is 0. The third-order valence-electron chi connectivity index (χ3n) is 3.92. The average molecular weight is 215 g/mol. The Hall–Kier alpha value is -1.31. The Bertz CT molecular complexity index is 394. The van der Waals surface area contributed by atoms with Gasteiger partial charge in [-0.25, -0.2) is 0 Å². The zero-order valence-electron chi connectivity index (χ0n) is 9.48. The largest absolute Gasteiger partial charge is 0.333 e. The number of hydrogen-bond acceptors (Lipinski definition) is 1. The Kier molecular flexibility index (Phi) is 2.23. The quantitative estimate of drug-likeness (QED) is 0.742. The number of carbonyl (C=O) groups is 1. The fourth-order valence-electron chi connectivity index (χ4n) is 2.79. The molecule has 2 aliphatic rings. The highest BCUT2D eigenvalue weighted by Gasteiger charge is 2.51. The van der Waals surface area contributed by atoms with Crippen LogP contribution in [0.4, 0.5) is 0 Å². The van der Waals surface area contributed by atoms with E-state index in [4.69, 9.17) is 0 Å². The fourth-order valence-corrected chi connectivity index (χ4v) is 2.79. The van der Waals surface area contributed by atoms with Crippen molar-refractivity contribution >= 4 is 5.91 Å². The lowest BCUT2D eigenvalue weighted by atomic mass is 9.98. The van der Waals surface area contributed by atoms with Crippen molar-refractivity contribution in [2.75, 3.05) is 0 Å². The molecule has 1 saturated carbocycles. The molecular weight excluding hydrogens is 198 g/mol. The Morgan fingerprint density at radius 3 is 2.56 bits per heavy atom. The van der Waals surface area contributed by atoms with Crippen LogP contribution in [0.5, 0.6) is 0 Å². The summed E-state index contributed by atoms with van der Waals surface area (Å²) in [6, 6.07) is 10.3. The highest BCUT2D eigenvalue weighted by Crippen LogP contribution is 2.49. The fraction of sp³-hybridized carbons (Fsp3) is 0.500. The van der Waals surface area contributed by atoms with E-state index in [0.717, 1.165) is 19.4 Å². The molecule has 2 fully saturated rings. The molecule has 1 aliphatic carbocycles. The minimum absolute atomic E-state index is 0.255. The van der Waals surface area contributed by atoms with Gasteiger partial charge in [-0.3, -0.25) is 4.79 Å². The summed E-state index contributed by atoms with van der Waals surface area (Å²) >= 11 is 0. The first-order chi connectivity index (χ1) is 7.80. The second-order valence-corrected chi connectivity index (χ2v) is 5.04.